The van der Waals surface area contributed by atoms with Gasteiger partial charge in [0.15, 0.2) is 0 Å². The van der Waals surface area contributed by atoms with Crippen molar-refractivity contribution in [1.29, 1.82) is 0 Å². The number of nitrogens with zero attached hydrogens (tertiary/aromatic N) is 2. The fraction of sp³-hybridized carbons (Fsp3) is 0.214. The van der Waals surface area contributed by atoms with Crippen LogP contribution < -0.4 is 0 Å². The van der Waals surface area contributed by atoms with Crippen LogP contribution in [0, 0.1) is 0 Å². The minimum atomic E-state index is -4.67. The van der Waals surface area contributed by atoms with E-state index in [0.717, 1.165) is 5.56 Å². The van der Waals surface area contributed by atoms with Crippen molar-refractivity contribution in [3.8, 4) is 0 Å². The first-order valence-corrected chi connectivity index (χ1v) is 8.69. The lowest BCUT2D eigenvalue weighted by Crippen LogP contribution is -2.12. The molecule has 0 radical (unpaired) electrons. The summed E-state index contributed by atoms with van der Waals surface area (Å²) in [6.45, 7) is 4.75. The van der Waals surface area contributed by atoms with Crippen molar-refractivity contribution in [1.82, 2.24) is 9.55 Å². The Bertz CT molecular complexity index is 743. The largest absolute Gasteiger partial charge is 0.394 e. The molecule has 132 valence electrons. The molecule has 2 rings (SSSR count). The van der Waals surface area contributed by atoms with E-state index in [1.807, 2.05) is 16.8 Å². The first-order chi connectivity index (χ1) is 11.2. The number of aromatic nitrogens is 2. The summed E-state index contributed by atoms with van der Waals surface area (Å²) in [5, 5.41) is 1.21. The molecule has 0 aliphatic rings. The van der Waals surface area contributed by atoms with Crippen molar-refractivity contribution in [2.45, 2.75) is 12.6 Å². The second-order valence-electron chi connectivity index (χ2n) is 4.48. The Morgan fingerprint density at radius 3 is 2.54 bits per heavy atom. The summed E-state index contributed by atoms with van der Waals surface area (Å²) in [5.74, 6) is 0. The zero-order chi connectivity index (χ0) is 18.2. The number of halogens is 2. The smallest absolute Gasteiger partial charge is 0.368 e. The Hall–Kier alpha value is -1.42. The van der Waals surface area contributed by atoms with Crippen LogP contribution in [0.4, 0.5) is 0 Å². The Balaban J connectivity index is 0.000000505. The van der Waals surface area contributed by atoms with Gasteiger partial charge in [-0.1, -0.05) is 35.3 Å². The highest BCUT2D eigenvalue weighted by molar-refractivity contribution is 7.79. The number of hydrogen-bond donors (Lipinski definition) is 2. The van der Waals surface area contributed by atoms with Gasteiger partial charge in [0.25, 0.3) is 0 Å². The van der Waals surface area contributed by atoms with Crippen LogP contribution in [0.25, 0.3) is 0 Å². The Morgan fingerprint density at radius 1 is 1.38 bits per heavy atom. The minimum Gasteiger partial charge on any atom is -0.368 e. The number of benzene rings is 1. The summed E-state index contributed by atoms with van der Waals surface area (Å²) >= 11 is 12.1. The maximum absolute atomic E-state index is 8.74. The molecule has 0 saturated carbocycles. The quantitative estimate of drug-likeness (QED) is 0.574. The summed E-state index contributed by atoms with van der Waals surface area (Å²) in [6.07, 6.45) is 6.90. The molecular weight excluding hydrogens is 379 g/mol. The van der Waals surface area contributed by atoms with E-state index in [2.05, 4.69) is 11.6 Å². The molecule has 24 heavy (non-hydrogen) atoms. The Morgan fingerprint density at radius 2 is 2.04 bits per heavy atom. The van der Waals surface area contributed by atoms with Gasteiger partial charge in [0.05, 0.1) is 19.5 Å². The average Bonchev–Trinajstić information content (AvgIpc) is 2.95. The molecule has 2 N–H and O–H groups in total. The zero-order valence-electron chi connectivity index (χ0n) is 12.4. The maximum atomic E-state index is 8.74. The van der Waals surface area contributed by atoms with Crippen LogP contribution in [-0.4, -0.2) is 33.7 Å². The summed E-state index contributed by atoms with van der Waals surface area (Å²) in [6, 6.07) is 5.41. The van der Waals surface area contributed by atoms with Crippen molar-refractivity contribution in [3.63, 3.8) is 0 Å². The van der Waals surface area contributed by atoms with E-state index < -0.39 is 10.4 Å². The summed E-state index contributed by atoms with van der Waals surface area (Å²) in [5.41, 5.74) is 0.904. The second-order valence-corrected chi connectivity index (χ2v) is 6.22. The molecule has 2 aromatic rings. The molecule has 1 aromatic carbocycles. The lowest BCUT2D eigenvalue weighted by atomic mass is 10.1. The molecular formula is C14H16Cl2N2O5S. The van der Waals surface area contributed by atoms with E-state index in [-0.39, 0.29) is 6.10 Å². The minimum absolute atomic E-state index is 0.169. The van der Waals surface area contributed by atoms with Gasteiger partial charge in [-0.05, 0) is 12.1 Å². The Kier molecular flexibility index (Phi) is 8.40. The average molecular weight is 395 g/mol. The van der Waals surface area contributed by atoms with Crippen LogP contribution in [0.3, 0.4) is 0 Å². The molecule has 0 saturated heterocycles. The van der Waals surface area contributed by atoms with Gasteiger partial charge in [0.1, 0.15) is 6.10 Å². The van der Waals surface area contributed by atoms with Gasteiger partial charge in [-0.2, -0.15) is 8.42 Å². The van der Waals surface area contributed by atoms with Crippen LogP contribution in [0.5, 0.6) is 0 Å². The normalized spacial score (nSPS) is 12.2. The molecule has 0 spiro atoms. The molecule has 7 nitrogen and oxygen atoms in total. The topological polar surface area (TPSA) is 102 Å². The summed E-state index contributed by atoms with van der Waals surface area (Å²) in [4.78, 5) is 4.02. The highest BCUT2D eigenvalue weighted by atomic mass is 35.5. The number of rotatable bonds is 6. The molecule has 1 aromatic heterocycles. The molecule has 0 bridgehead atoms. The zero-order valence-corrected chi connectivity index (χ0v) is 14.7. The molecule has 0 amide bonds. The third-order valence-electron chi connectivity index (χ3n) is 2.66. The van der Waals surface area contributed by atoms with Crippen molar-refractivity contribution in [3.05, 3.63) is 65.2 Å². The lowest BCUT2D eigenvalue weighted by molar-refractivity contribution is 0.0608. The molecule has 0 aliphatic heterocycles. The molecule has 1 atom stereocenters. The van der Waals surface area contributed by atoms with Gasteiger partial charge in [0, 0.05) is 28.0 Å². The van der Waals surface area contributed by atoms with Gasteiger partial charge in [-0.25, -0.2) is 4.98 Å². The van der Waals surface area contributed by atoms with Gasteiger partial charge >= 0.3 is 10.4 Å². The molecule has 1 unspecified atom stereocenters. The number of imidazole rings is 1. The SMILES string of the molecule is C=CCOC(Cn1ccnc1)c1ccc(Cl)cc1Cl.O=S(=O)(O)O. The van der Waals surface area contributed by atoms with E-state index in [4.69, 9.17) is 45.5 Å². The van der Waals surface area contributed by atoms with Crippen molar-refractivity contribution in [2.75, 3.05) is 6.61 Å². The van der Waals surface area contributed by atoms with E-state index in [9.17, 15) is 0 Å². The summed E-state index contributed by atoms with van der Waals surface area (Å²) in [7, 11) is -4.67. The van der Waals surface area contributed by atoms with Crippen molar-refractivity contribution >= 4 is 33.6 Å². The van der Waals surface area contributed by atoms with Crippen LogP contribution in [-0.2, 0) is 21.7 Å². The first kappa shape index (κ1) is 20.6. The molecule has 0 fully saturated rings. The predicted octanol–water partition coefficient (Wildman–Crippen LogP) is 3.48. The number of ether oxygens (including phenoxy) is 1. The standard InChI is InChI=1S/C14H14Cl2N2O.H2O4S/c1-2-7-19-14(9-18-6-5-17-10-18)12-4-3-11(15)8-13(12)16;1-5(2,3)4/h2-6,8,10,14H,1,7,9H2;(H2,1,2,3,4). The predicted molar refractivity (Wildman–Crippen MR) is 91.8 cm³/mol. The van der Waals surface area contributed by atoms with E-state index >= 15 is 0 Å². The fourth-order valence-electron chi connectivity index (χ4n) is 1.77. The van der Waals surface area contributed by atoms with E-state index in [0.29, 0.717) is 23.2 Å². The first-order valence-electron chi connectivity index (χ1n) is 6.53. The highest BCUT2D eigenvalue weighted by Gasteiger charge is 2.16. The molecule has 1 heterocycles. The van der Waals surface area contributed by atoms with Crippen molar-refractivity contribution < 1.29 is 22.3 Å². The number of hydrogen-bond acceptors (Lipinski definition) is 4. The summed E-state index contributed by atoms with van der Waals surface area (Å²) < 4.78 is 39.3. The highest BCUT2D eigenvalue weighted by Crippen LogP contribution is 2.29. The van der Waals surface area contributed by atoms with Crippen LogP contribution in [0.2, 0.25) is 10.0 Å². The third kappa shape index (κ3) is 8.44. The van der Waals surface area contributed by atoms with E-state index in [1.165, 1.54) is 0 Å². The fourth-order valence-corrected chi connectivity index (χ4v) is 2.30. The molecule has 0 aliphatic carbocycles. The maximum Gasteiger partial charge on any atom is 0.394 e. The molecule has 10 heteroatoms. The Labute approximate surface area is 150 Å². The van der Waals surface area contributed by atoms with Gasteiger partial charge in [-0.15, -0.1) is 6.58 Å². The van der Waals surface area contributed by atoms with Crippen LogP contribution >= 0.6 is 23.2 Å². The van der Waals surface area contributed by atoms with E-state index in [1.54, 1.807) is 30.7 Å². The van der Waals surface area contributed by atoms with Crippen LogP contribution in [0.15, 0.2) is 49.6 Å². The third-order valence-corrected chi connectivity index (χ3v) is 3.22. The second kappa shape index (κ2) is 9.77. The lowest BCUT2D eigenvalue weighted by Gasteiger charge is -2.19. The van der Waals surface area contributed by atoms with Gasteiger partial charge < -0.3 is 9.30 Å². The van der Waals surface area contributed by atoms with Crippen LogP contribution in [0.1, 0.15) is 11.7 Å². The van der Waals surface area contributed by atoms with Crippen molar-refractivity contribution in [2.24, 2.45) is 0 Å². The monoisotopic (exact) mass is 394 g/mol. The van der Waals surface area contributed by atoms with Gasteiger partial charge in [-0.3, -0.25) is 9.11 Å². The van der Waals surface area contributed by atoms with Gasteiger partial charge in [0.2, 0.25) is 0 Å².